The molecule has 1 aliphatic rings. The molecule has 0 unspecified atom stereocenters. The first-order valence-electron chi connectivity index (χ1n) is 6.34. The molecule has 22 heavy (non-hydrogen) atoms. The maximum absolute atomic E-state index is 12.6. The lowest BCUT2D eigenvalue weighted by Crippen LogP contribution is -2.18. The molecule has 5 nitrogen and oxygen atoms in total. The predicted molar refractivity (Wildman–Crippen MR) is 87.4 cm³/mol. The first kappa shape index (κ1) is 15.5. The van der Waals surface area contributed by atoms with Crippen LogP contribution in [0.3, 0.4) is 0 Å². The molecule has 116 valence electrons. The smallest absolute Gasteiger partial charge is 0.263 e. The summed E-state index contributed by atoms with van der Waals surface area (Å²) < 4.78 is 38.8. The second kappa shape index (κ2) is 5.98. The number of nitrogens with one attached hydrogen (secondary N) is 1. The molecule has 1 heterocycles. The number of anilines is 1. The molecule has 0 aliphatic carbocycles. The van der Waals surface area contributed by atoms with Crippen molar-refractivity contribution in [2.24, 2.45) is 0 Å². The summed E-state index contributed by atoms with van der Waals surface area (Å²) in [6, 6.07) is 9.63. The average Bonchev–Trinajstić information content (AvgIpc) is 2.48. The highest BCUT2D eigenvalue weighted by Crippen LogP contribution is 2.38. The highest BCUT2D eigenvalue weighted by atomic mass is 79.9. The lowest BCUT2D eigenvalue weighted by molar-refractivity contribution is 0.171. The second-order valence-corrected chi connectivity index (χ2v) is 7.42. The van der Waals surface area contributed by atoms with Gasteiger partial charge in [0.25, 0.3) is 10.0 Å². The number of ether oxygens (including phenoxy) is 2. The molecule has 1 N–H and O–H groups in total. The third-order valence-electron chi connectivity index (χ3n) is 3.00. The van der Waals surface area contributed by atoms with Crippen LogP contribution in [0.5, 0.6) is 11.5 Å². The monoisotopic (exact) mass is 403 g/mol. The van der Waals surface area contributed by atoms with E-state index in [0.717, 1.165) is 0 Å². The molecule has 0 aromatic heterocycles. The molecule has 0 bridgehead atoms. The van der Waals surface area contributed by atoms with Crippen molar-refractivity contribution >= 4 is 43.2 Å². The van der Waals surface area contributed by atoms with E-state index in [0.29, 0.717) is 39.9 Å². The number of fused-ring (bicyclic) bond motifs is 1. The summed E-state index contributed by atoms with van der Waals surface area (Å²) in [6.45, 7) is 0.815. The van der Waals surface area contributed by atoms with Crippen LogP contribution in [0.2, 0.25) is 5.02 Å². The Morgan fingerprint density at radius 3 is 2.41 bits per heavy atom. The van der Waals surface area contributed by atoms with E-state index in [4.69, 9.17) is 21.1 Å². The number of rotatable bonds is 3. The SMILES string of the molecule is O=S(=O)(Nc1ccccc1Cl)c1cc2c(cc1Br)OCCO2. The lowest BCUT2D eigenvalue weighted by atomic mass is 10.3. The Balaban J connectivity index is 2.00. The van der Waals surface area contributed by atoms with Crippen LogP contribution >= 0.6 is 27.5 Å². The zero-order valence-corrected chi connectivity index (χ0v) is 14.3. The van der Waals surface area contributed by atoms with E-state index >= 15 is 0 Å². The summed E-state index contributed by atoms with van der Waals surface area (Å²) in [7, 11) is -3.82. The van der Waals surface area contributed by atoms with Gasteiger partial charge in [-0.05, 0) is 34.1 Å². The van der Waals surface area contributed by atoms with Crippen LogP contribution in [0.15, 0.2) is 45.8 Å². The highest BCUT2D eigenvalue weighted by Gasteiger charge is 2.23. The van der Waals surface area contributed by atoms with Gasteiger partial charge in [0.15, 0.2) is 11.5 Å². The molecule has 2 aromatic carbocycles. The van der Waals surface area contributed by atoms with Gasteiger partial charge in [-0.15, -0.1) is 0 Å². The largest absolute Gasteiger partial charge is 0.486 e. The van der Waals surface area contributed by atoms with Crippen LogP contribution in [0.25, 0.3) is 0 Å². The van der Waals surface area contributed by atoms with Gasteiger partial charge in [-0.2, -0.15) is 0 Å². The number of benzene rings is 2. The summed E-state index contributed by atoms with van der Waals surface area (Å²) in [5.74, 6) is 0.906. The minimum Gasteiger partial charge on any atom is -0.486 e. The normalized spacial score (nSPS) is 13.7. The molecule has 8 heteroatoms. The molecule has 0 saturated carbocycles. The summed E-state index contributed by atoms with van der Waals surface area (Å²) >= 11 is 9.24. The van der Waals surface area contributed by atoms with Gasteiger partial charge >= 0.3 is 0 Å². The molecule has 1 aliphatic heterocycles. The molecule has 0 spiro atoms. The maximum Gasteiger partial charge on any atom is 0.263 e. The fraction of sp³-hybridized carbons (Fsp3) is 0.143. The van der Waals surface area contributed by atoms with Gasteiger partial charge in [-0.1, -0.05) is 23.7 Å². The number of para-hydroxylation sites is 1. The third kappa shape index (κ3) is 3.02. The van der Waals surface area contributed by atoms with Crippen LogP contribution in [0.1, 0.15) is 0 Å². The molecule has 0 amide bonds. The zero-order valence-electron chi connectivity index (χ0n) is 11.2. The summed E-state index contributed by atoms with van der Waals surface area (Å²) in [6.07, 6.45) is 0. The van der Waals surface area contributed by atoms with Gasteiger partial charge < -0.3 is 9.47 Å². The third-order valence-corrected chi connectivity index (χ3v) is 5.66. The van der Waals surface area contributed by atoms with Gasteiger partial charge in [0.1, 0.15) is 18.1 Å². The molecular weight excluding hydrogens is 394 g/mol. The standard InChI is InChI=1S/C14H11BrClNO4S/c15-9-7-12-13(21-6-5-20-12)8-14(9)22(18,19)17-11-4-2-1-3-10(11)16/h1-4,7-8,17H,5-6H2. The van der Waals surface area contributed by atoms with E-state index in [9.17, 15) is 8.42 Å². The quantitative estimate of drug-likeness (QED) is 0.847. The lowest BCUT2D eigenvalue weighted by Gasteiger charge is -2.20. The Bertz CT molecular complexity index is 826. The minimum atomic E-state index is -3.82. The Hall–Kier alpha value is -1.44. The number of hydrogen-bond donors (Lipinski definition) is 1. The Morgan fingerprint density at radius 1 is 1.09 bits per heavy atom. The second-order valence-electron chi connectivity index (χ2n) is 4.51. The van der Waals surface area contributed by atoms with Crippen LogP contribution < -0.4 is 14.2 Å². The molecule has 0 fully saturated rings. The first-order chi connectivity index (χ1) is 10.5. The van der Waals surface area contributed by atoms with E-state index in [1.807, 2.05) is 0 Å². The average molecular weight is 405 g/mol. The van der Waals surface area contributed by atoms with Crippen molar-refractivity contribution in [1.29, 1.82) is 0 Å². The molecule has 3 rings (SSSR count). The van der Waals surface area contributed by atoms with E-state index < -0.39 is 10.0 Å². The van der Waals surface area contributed by atoms with Gasteiger partial charge in [0, 0.05) is 10.5 Å². The number of halogens is 2. The summed E-state index contributed by atoms with van der Waals surface area (Å²) in [5.41, 5.74) is 0.311. The van der Waals surface area contributed by atoms with Crippen LogP contribution in [0, 0.1) is 0 Å². The fourth-order valence-electron chi connectivity index (χ4n) is 1.99. The van der Waals surface area contributed by atoms with Gasteiger partial charge in [-0.25, -0.2) is 8.42 Å². The van der Waals surface area contributed by atoms with E-state index in [1.54, 1.807) is 30.3 Å². The molecular formula is C14H11BrClNO4S. The molecule has 0 radical (unpaired) electrons. The van der Waals surface area contributed by atoms with Crippen LogP contribution in [-0.2, 0) is 10.0 Å². The fourth-order valence-corrected chi connectivity index (χ4v) is 4.35. The molecule has 2 aromatic rings. The van der Waals surface area contributed by atoms with Gasteiger partial charge in [0.05, 0.1) is 10.7 Å². The van der Waals surface area contributed by atoms with Crippen molar-refractivity contribution in [2.45, 2.75) is 4.90 Å². The Kier molecular flexibility index (Phi) is 4.20. The van der Waals surface area contributed by atoms with Gasteiger partial charge in [-0.3, -0.25) is 4.72 Å². The van der Waals surface area contributed by atoms with Crippen molar-refractivity contribution in [3.8, 4) is 11.5 Å². The molecule has 0 saturated heterocycles. The van der Waals surface area contributed by atoms with E-state index in [1.165, 1.54) is 6.07 Å². The zero-order chi connectivity index (χ0) is 15.7. The van der Waals surface area contributed by atoms with E-state index in [-0.39, 0.29) is 4.90 Å². The minimum absolute atomic E-state index is 0.0525. The van der Waals surface area contributed by atoms with Gasteiger partial charge in [0.2, 0.25) is 0 Å². The molecule has 0 atom stereocenters. The van der Waals surface area contributed by atoms with Crippen molar-refractivity contribution in [1.82, 2.24) is 0 Å². The Morgan fingerprint density at radius 2 is 1.73 bits per heavy atom. The van der Waals surface area contributed by atoms with Crippen molar-refractivity contribution < 1.29 is 17.9 Å². The van der Waals surface area contributed by atoms with Crippen LogP contribution in [0.4, 0.5) is 5.69 Å². The topological polar surface area (TPSA) is 64.6 Å². The maximum atomic E-state index is 12.6. The van der Waals surface area contributed by atoms with E-state index in [2.05, 4.69) is 20.7 Å². The summed E-state index contributed by atoms with van der Waals surface area (Å²) in [5, 5.41) is 0.319. The predicted octanol–water partition coefficient (Wildman–Crippen LogP) is 3.67. The van der Waals surface area contributed by atoms with Crippen LogP contribution in [-0.4, -0.2) is 21.6 Å². The highest BCUT2D eigenvalue weighted by molar-refractivity contribution is 9.10. The first-order valence-corrected chi connectivity index (χ1v) is 8.99. The Labute approximate surface area is 141 Å². The van der Waals surface area contributed by atoms with Crippen molar-refractivity contribution in [3.05, 3.63) is 45.9 Å². The van der Waals surface area contributed by atoms with Crippen molar-refractivity contribution in [3.63, 3.8) is 0 Å². The number of sulfonamides is 1. The number of hydrogen-bond acceptors (Lipinski definition) is 4. The summed E-state index contributed by atoms with van der Waals surface area (Å²) in [4.78, 5) is 0.0525. The van der Waals surface area contributed by atoms with Crippen molar-refractivity contribution in [2.75, 3.05) is 17.9 Å².